The van der Waals surface area contributed by atoms with Crippen molar-refractivity contribution in [2.45, 2.75) is 0 Å². The van der Waals surface area contributed by atoms with Crippen molar-refractivity contribution in [3.63, 3.8) is 0 Å². The highest BCUT2D eigenvalue weighted by molar-refractivity contribution is 6.04. The number of rotatable bonds is 1. The predicted octanol–water partition coefficient (Wildman–Crippen LogP) is 2.27. The second kappa shape index (κ2) is 3.99. The number of para-hydroxylation sites is 1. The Morgan fingerprint density at radius 1 is 0.850 bits per heavy atom. The van der Waals surface area contributed by atoms with Gasteiger partial charge in [-0.25, -0.2) is 0 Å². The Hall–Kier alpha value is -3.02. The van der Waals surface area contributed by atoms with E-state index in [0.717, 1.165) is 5.39 Å². The van der Waals surface area contributed by atoms with Crippen LogP contribution in [0, 0.1) is 0 Å². The van der Waals surface area contributed by atoms with E-state index >= 15 is 0 Å². The second-order valence-corrected chi connectivity index (χ2v) is 4.40. The molecule has 0 amide bonds. The molecule has 0 saturated carbocycles. The Morgan fingerprint density at radius 3 is 2.60 bits per heavy atom. The maximum absolute atomic E-state index is 9.93. The van der Waals surface area contributed by atoms with Crippen LogP contribution in [0.1, 0.15) is 0 Å². The molecule has 2 N–H and O–H groups in total. The van der Waals surface area contributed by atoms with Crippen LogP contribution in [-0.4, -0.2) is 30.5 Å². The monoisotopic (exact) mass is 263 g/mol. The van der Waals surface area contributed by atoms with Crippen LogP contribution in [0.15, 0.2) is 42.6 Å². The van der Waals surface area contributed by atoms with Crippen LogP contribution in [0.25, 0.3) is 33.3 Å². The number of aromatic amines is 1. The van der Waals surface area contributed by atoms with Crippen molar-refractivity contribution in [2.24, 2.45) is 0 Å². The van der Waals surface area contributed by atoms with E-state index < -0.39 is 0 Å². The van der Waals surface area contributed by atoms with Gasteiger partial charge in [-0.1, -0.05) is 12.1 Å². The third-order valence-electron chi connectivity index (χ3n) is 3.20. The lowest BCUT2D eigenvalue weighted by Gasteiger charge is -2.00. The highest BCUT2D eigenvalue weighted by Gasteiger charge is 2.16. The van der Waals surface area contributed by atoms with E-state index in [1.54, 1.807) is 24.4 Å². The number of hydrogen-bond donors (Lipinski definition) is 2. The number of H-pyrrole nitrogens is 1. The number of benzene rings is 1. The zero-order valence-corrected chi connectivity index (χ0v) is 10.3. The van der Waals surface area contributed by atoms with Crippen molar-refractivity contribution < 1.29 is 5.11 Å². The summed E-state index contributed by atoms with van der Waals surface area (Å²) in [4.78, 5) is 3.01. The van der Waals surface area contributed by atoms with Crippen molar-refractivity contribution in [1.82, 2.24) is 25.4 Å². The average Bonchev–Trinajstić information content (AvgIpc) is 2.92. The highest BCUT2D eigenvalue weighted by Crippen LogP contribution is 2.32. The minimum atomic E-state index is 0.149. The van der Waals surface area contributed by atoms with Gasteiger partial charge in [0, 0.05) is 17.1 Å². The number of hydrogen-bond acceptors (Lipinski definition) is 5. The number of aromatic hydroxyl groups is 1. The molecule has 0 aliphatic heterocycles. The second-order valence-electron chi connectivity index (χ2n) is 4.40. The largest absolute Gasteiger partial charge is 0.507 e. The third kappa shape index (κ3) is 1.45. The van der Waals surface area contributed by atoms with Gasteiger partial charge in [0.15, 0.2) is 5.65 Å². The number of pyridine rings is 1. The molecule has 0 aliphatic carbocycles. The topological polar surface area (TPSA) is 87.6 Å². The summed E-state index contributed by atoms with van der Waals surface area (Å²) in [5.74, 6) is 0.149. The van der Waals surface area contributed by atoms with Gasteiger partial charge in [0.25, 0.3) is 0 Å². The molecule has 20 heavy (non-hydrogen) atoms. The van der Waals surface area contributed by atoms with Crippen molar-refractivity contribution in [2.75, 3.05) is 0 Å². The van der Waals surface area contributed by atoms with Gasteiger partial charge in [0.1, 0.15) is 22.5 Å². The summed E-state index contributed by atoms with van der Waals surface area (Å²) in [6, 6.07) is 10.8. The van der Waals surface area contributed by atoms with E-state index in [1.807, 2.05) is 18.2 Å². The van der Waals surface area contributed by atoms with Crippen LogP contribution in [0.5, 0.6) is 5.75 Å². The van der Waals surface area contributed by atoms with E-state index in [2.05, 4.69) is 25.4 Å². The fourth-order valence-corrected chi connectivity index (χ4v) is 2.24. The van der Waals surface area contributed by atoms with Crippen molar-refractivity contribution >= 4 is 22.1 Å². The van der Waals surface area contributed by atoms with Gasteiger partial charge in [-0.2, -0.15) is 0 Å². The molecule has 4 aromatic rings. The third-order valence-corrected chi connectivity index (χ3v) is 3.20. The predicted molar refractivity (Wildman–Crippen MR) is 74.1 cm³/mol. The number of nitrogens with zero attached hydrogens (tertiary/aromatic N) is 4. The first-order valence-electron chi connectivity index (χ1n) is 6.09. The summed E-state index contributed by atoms with van der Waals surface area (Å²) in [6.07, 6.45) is 1.78. The average molecular weight is 263 g/mol. The molecule has 4 rings (SSSR count). The summed E-state index contributed by atoms with van der Waals surface area (Å²) in [5.41, 5.74) is 3.05. The molecule has 0 bridgehead atoms. The van der Waals surface area contributed by atoms with Crippen molar-refractivity contribution in [1.29, 1.82) is 0 Å². The molecular weight excluding hydrogens is 254 g/mol. The molecule has 0 unspecified atom stereocenters. The van der Waals surface area contributed by atoms with Crippen LogP contribution >= 0.6 is 0 Å². The first-order chi connectivity index (χ1) is 9.84. The lowest BCUT2D eigenvalue weighted by atomic mass is 10.1. The fourth-order valence-electron chi connectivity index (χ4n) is 2.24. The first-order valence-corrected chi connectivity index (χ1v) is 6.09. The molecule has 0 aliphatic rings. The molecule has 3 heterocycles. The molecule has 0 atom stereocenters. The number of fused-ring (bicyclic) bond motifs is 3. The zero-order chi connectivity index (χ0) is 13.5. The number of phenols is 1. The standard InChI is InChI=1S/C14H9N5O/c20-10-6-2-1-4-8(10)11-13-12(17-16-11)9-5-3-7-15-14(9)19-18-13/h1-7,20H,(H,15,19). The van der Waals surface area contributed by atoms with Gasteiger partial charge in [-0.05, 0) is 24.3 Å². The van der Waals surface area contributed by atoms with Gasteiger partial charge in [-0.3, -0.25) is 0 Å². The molecule has 0 spiro atoms. The molecule has 0 radical (unpaired) electrons. The quantitative estimate of drug-likeness (QED) is 0.550. The van der Waals surface area contributed by atoms with Gasteiger partial charge < -0.3 is 10.1 Å². The van der Waals surface area contributed by atoms with E-state index in [1.165, 1.54) is 0 Å². The van der Waals surface area contributed by atoms with Crippen LogP contribution in [0.3, 0.4) is 0 Å². The number of aromatic nitrogens is 5. The van der Waals surface area contributed by atoms with Crippen LogP contribution in [0.2, 0.25) is 0 Å². The minimum absolute atomic E-state index is 0.149. The zero-order valence-electron chi connectivity index (χ0n) is 10.3. The molecule has 3 aromatic heterocycles. The van der Waals surface area contributed by atoms with Crippen molar-refractivity contribution in [3.05, 3.63) is 42.6 Å². The van der Waals surface area contributed by atoms with Gasteiger partial charge in [0.05, 0.1) is 0 Å². The van der Waals surface area contributed by atoms with Crippen LogP contribution < -0.4 is 0 Å². The Bertz CT molecular complexity index is 931. The minimum Gasteiger partial charge on any atom is -0.507 e. The summed E-state index contributed by atoms with van der Waals surface area (Å²) in [6.45, 7) is 0. The lowest BCUT2D eigenvalue weighted by Crippen LogP contribution is -1.89. The molecule has 6 heteroatoms. The molecule has 0 fully saturated rings. The summed E-state index contributed by atoms with van der Waals surface area (Å²) < 4.78 is 0. The summed E-state index contributed by atoms with van der Waals surface area (Å²) in [5, 5.41) is 27.4. The molecule has 6 nitrogen and oxygen atoms in total. The maximum Gasteiger partial charge on any atom is 0.162 e. The van der Waals surface area contributed by atoms with E-state index in [9.17, 15) is 5.11 Å². The molecule has 96 valence electrons. The lowest BCUT2D eigenvalue weighted by molar-refractivity contribution is 0.477. The number of nitrogens with one attached hydrogen (secondary N) is 1. The fraction of sp³-hybridized carbons (Fsp3) is 0. The SMILES string of the molecule is Oc1ccccc1-c1nnc2c1nnc1[nH]cccc12. The molecule has 1 aromatic carbocycles. The number of phenolic OH excluding ortho intramolecular Hbond substituents is 1. The van der Waals surface area contributed by atoms with E-state index in [4.69, 9.17) is 0 Å². The van der Waals surface area contributed by atoms with Crippen molar-refractivity contribution in [3.8, 4) is 17.0 Å². The van der Waals surface area contributed by atoms with E-state index in [-0.39, 0.29) is 5.75 Å². The van der Waals surface area contributed by atoms with Gasteiger partial charge in [0.2, 0.25) is 0 Å². The Balaban J connectivity index is 2.08. The maximum atomic E-state index is 9.93. The summed E-state index contributed by atoms with van der Waals surface area (Å²) >= 11 is 0. The smallest absolute Gasteiger partial charge is 0.162 e. The Kier molecular flexibility index (Phi) is 2.17. The first kappa shape index (κ1) is 10.9. The van der Waals surface area contributed by atoms with Gasteiger partial charge in [-0.15, -0.1) is 20.4 Å². The summed E-state index contributed by atoms with van der Waals surface area (Å²) in [7, 11) is 0. The highest BCUT2D eigenvalue weighted by atomic mass is 16.3. The molecule has 0 saturated heterocycles. The van der Waals surface area contributed by atoms with Gasteiger partial charge >= 0.3 is 0 Å². The van der Waals surface area contributed by atoms with E-state index in [0.29, 0.717) is 27.9 Å². The Labute approximate surface area is 113 Å². The normalized spacial score (nSPS) is 11.2. The van der Waals surface area contributed by atoms with Crippen LogP contribution in [-0.2, 0) is 0 Å². The molecular formula is C14H9N5O. The Morgan fingerprint density at radius 2 is 1.70 bits per heavy atom. The van der Waals surface area contributed by atoms with Crippen LogP contribution in [0.4, 0.5) is 0 Å².